The molecule has 3 nitrogen and oxygen atoms in total. The van der Waals surface area contributed by atoms with Crippen LogP contribution < -0.4 is 5.73 Å². The van der Waals surface area contributed by atoms with E-state index in [1.165, 1.54) is 43.2 Å². The minimum atomic E-state index is -0.851. The van der Waals surface area contributed by atoms with Crippen LogP contribution in [0.4, 0.5) is 0 Å². The van der Waals surface area contributed by atoms with E-state index in [4.69, 9.17) is 10.5 Å². The molecule has 2 bridgehead atoms. The van der Waals surface area contributed by atoms with Gasteiger partial charge in [0.05, 0.1) is 0 Å². The van der Waals surface area contributed by atoms with Crippen molar-refractivity contribution in [3.8, 4) is 0 Å². The first-order valence-electron chi connectivity index (χ1n) is 7.74. The summed E-state index contributed by atoms with van der Waals surface area (Å²) >= 11 is 0. The summed E-state index contributed by atoms with van der Waals surface area (Å²) in [6.07, 6.45) is 5.40. The molecule has 2 aliphatic carbocycles. The maximum atomic E-state index is 9.55. The summed E-state index contributed by atoms with van der Waals surface area (Å²) < 4.78 is 5.25. The first-order chi connectivity index (χ1) is 9.69. The van der Waals surface area contributed by atoms with Gasteiger partial charge in [0.2, 0.25) is 0 Å². The van der Waals surface area contributed by atoms with Crippen molar-refractivity contribution in [2.24, 2.45) is 17.6 Å². The smallest absolute Gasteiger partial charge is 0.128 e. The fourth-order valence-corrected chi connectivity index (χ4v) is 4.15. The van der Waals surface area contributed by atoms with Crippen LogP contribution in [0.3, 0.4) is 0 Å². The Hall–Kier alpha value is -0.900. The van der Waals surface area contributed by atoms with Gasteiger partial charge in [-0.25, -0.2) is 0 Å². The van der Waals surface area contributed by atoms with Crippen LogP contribution in [0.5, 0.6) is 0 Å². The van der Waals surface area contributed by atoms with Crippen molar-refractivity contribution >= 4 is 0 Å². The molecule has 3 rings (SSSR count). The zero-order valence-corrected chi connectivity index (χ0v) is 12.2. The van der Waals surface area contributed by atoms with Gasteiger partial charge >= 0.3 is 0 Å². The second-order valence-electron chi connectivity index (χ2n) is 6.42. The maximum absolute atomic E-state index is 9.55. The first-order valence-corrected chi connectivity index (χ1v) is 7.74. The Balaban J connectivity index is 1.81. The molecule has 4 atom stereocenters. The Morgan fingerprint density at radius 1 is 1.40 bits per heavy atom. The molecule has 1 aromatic rings. The number of ether oxygens (including phenoxy) is 1. The van der Waals surface area contributed by atoms with Crippen LogP contribution >= 0.6 is 0 Å². The number of methoxy groups -OCH3 is 1. The summed E-state index contributed by atoms with van der Waals surface area (Å²) in [6.45, 7) is 0.886. The Morgan fingerprint density at radius 3 is 3.00 bits per heavy atom. The van der Waals surface area contributed by atoms with Gasteiger partial charge in [-0.15, -0.1) is 0 Å². The molecule has 3 N–H and O–H groups in total. The van der Waals surface area contributed by atoms with E-state index < -0.39 is 6.23 Å². The van der Waals surface area contributed by atoms with Gasteiger partial charge in [0.25, 0.3) is 0 Å². The van der Waals surface area contributed by atoms with Gasteiger partial charge in [0.15, 0.2) is 0 Å². The molecule has 0 saturated heterocycles. The summed E-state index contributed by atoms with van der Waals surface area (Å²) in [6, 6.07) is 6.30. The second-order valence-corrected chi connectivity index (χ2v) is 6.42. The highest BCUT2D eigenvalue weighted by atomic mass is 16.5. The van der Waals surface area contributed by atoms with Crippen LogP contribution in [0.1, 0.15) is 54.5 Å². The van der Waals surface area contributed by atoms with Crippen LogP contribution in [-0.2, 0) is 11.2 Å². The molecular formula is C17H25NO2. The molecule has 20 heavy (non-hydrogen) atoms. The van der Waals surface area contributed by atoms with Crippen molar-refractivity contribution < 1.29 is 9.84 Å². The molecule has 0 aliphatic heterocycles. The molecule has 2 aliphatic rings. The van der Waals surface area contributed by atoms with Crippen LogP contribution in [0, 0.1) is 11.8 Å². The number of aliphatic hydroxyl groups excluding tert-OH is 1. The fraction of sp³-hybridized carbons (Fsp3) is 0.647. The van der Waals surface area contributed by atoms with Crippen LogP contribution in [0.15, 0.2) is 18.2 Å². The largest absolute Gasteiger partial charge is 0.385 e. The van der Waals surface area contributed by atoms with Crippen LogP contribution in [0.2, 0.25) is 0 Å². The number of hydrogen-bond donors (Lipinski definition) is 2. The lowest BCUT2D eigenvalue weighted by Crippen LogP contribution is -2.31. The zero-order chi connectivity index (χ0) is 14.1. The average molecular weight is 275 g/mol. The van der Waals surface area contributed by atoms with E-state index in [2.05, 4.69) is 12.1 Å². The molecule has 0 aromatic heterocycles. The highest BCUT2D eigenvalue weighted by Crippen LogP contribution is 2.47. The predicted octanol–water partition coefficient (Wildman–Crippen LogP) is 2.73. The third-order valence-corrected chi connectivity index (χ3v) is 5.27. The lowest BCUT2D eigenvalue weighted by atomic mass is 9.64. The Kier molecular flexibility index (Phi) is 4.11. The third-order valence-electron chi connectivity index (χ3n) is 5.27. The van der Waals surface area contributed by atoms with Crippen LogP contribution in [0.25, 0.3) is 0 Å². The Morgan fingerprint density at radius 2 is 2.25 bits per heavy atom. The van der Waals surface area contributed by atoms with E-state index in [0.29, 0.717) is 5.92 Å². The van der Waals surface area contributed by atoms with Gasteiger partial charge in [0, 0.05) is 13.7 Å². The van der Waals surface area contributed by atoms with Gasteiger partial charge in [-0.05, 0) is 66.5 Å². The lowest BCUT2D eigenvalue weighted by Gasteiger charge is -2.41. The van der Waals surface area contributed by atoms with Gasteiger partial charge in [-0.2, -0.15) is 0 Å². The molecule has 0 heterocycles. The standard InChI is InChI=1S/C17H25NO2/c1-20-7-6-11-2-3-12-8-15(11)9-13-4-5-14(17(18)19)10-16(12)13/h4-5,10-12,15,17,19H,2-3,6-9,18H2,1H3. The average Bonchev–Trinajstić information content (AvgIpc) is 2.46. The Labute approximate surface area is 121 Å². The van der Waals surface area contributed by atoms with E-state index in [9.17, 15) is 5.11 Å². The molecule has 0 spiro atoms. The zero-order valence-electron chi connectivity index (χ0n) is 12.2. The predicted molar refractivity (Wildman–Crippen MR) is 79.4 cm³/mol. The van der Waals surface area contributed by atoms with Crippen molar-refractivity contribution in [3.05, 3.63) is 34.9 Å². The van der Waals surface area contributed by atoms with Crippen molar-refractivity contribution in [1.29, 1.82) is 0 Å². The summed E-state index contributed by atoms with van der Waals surface area (Å²) in [5, 5.41) is 9.55. The number of fused-ring (bicyclic) bond motifs is 4. The lowest BCUT2D eigenvalue weighted by molar-refractivity contribution is 0.126. The summed E-state index contributed by atoms with van der Waals surface area (Å²) in [5.74, 6) is 2.30. The van der Waals surface area contributed by atoms with Crippen molar-refractivity contribution in [3.63, 3.8) is 0 Å². The molecule has 1 aromatic carbocycles. The fourth-order valence-electron chi connectivity index (χ4n) is 4.15. The van der Waals surface area contributed by atoms with E-state index in [1.54, 1.807) is 7.11 Å². The third kappa shape index (κ3) is 2.62. The van der Waals surface area contributed by atoms with Crippen LogP contribution in [-0.4, -0.2) is 18.8 Å². The molecule has 3 heteroatoms. The number of nitrogens with two attached hydrogens (primary N) is 1. The molecule has 0 radical (unpaired) electrons. The van der Waals surface area contributed by atoms with Gasteiger partial charge in [0.1, 0.15) is 6.23 Å². The van der Waals surface area contributed by atoms with Crippen molar-refractivity contribution in [2.75, 3.05) is 13.7 Å². The molecule has 1 fully saturated rings. The monoisotopic (exact) mass is 275 g/mol. The Bertz CT molecular complexity index is 472. The van der Waals surface area contributed by atoms with Gasteiger partial charge in [-0.3, -0.25) is 0 Å². The number of hydrogen-bond acceptors (Lipinski definition) is 3. The summed E-state index contributed by atoms with van der Waals surface area (Å²) in [5.41, 5.74) is 9.35. The minimum absolute atomic E-state index is 0.668. The SMILES string of the molecule is COCCC1CCC2CC1Cc1ccc(C(N)O)cc12. The van der Waals surface area contributed by atoms with Crippen molar-refractivity contribution in [1.82, 2.24) is 0 Å². The highest BCUT2D eigenvalue weighted by Gasteiger charge is 2.36. The normalized spacial score (nSPS) is 29.9. The van der Waals surface area contributed by atoms with E-state index in [-0.39, 0.29) is 0 Å². The summed E-state index contributed by atoms with van der Waals surface area (Å²) in [7, 11) is 1.79. The maximum Gasteiger partial charge on any atom is 0.128 e. The highest BCUT2D eigenvalue weighted by molar-refractivity contribution is 5.38. The molecular weight excluding hydrogens is 250 g/mol. The molecule has 0 amide bonds. The summed E-state index contributed by atoms with van der Waals surface area (Å²) in [4.78, 5) is 0. The topological polar surface area (TPSA) is 55.5 Å². The van der Waals surface area contributed by atoms with Crippen molar-refractivity contribution in [2.45, 2.75) is 44.2 Å². The number of rotatable bonds is 4. The van der Waals surface area contributed by atoms with Gasteiger partial charge < -0.3 is 15.6 Å². The molecule has 4 unspecified atom stereocenters. The van der Waals surface area contributed by atoms with E-state index in [1.807, 2.05) is 6.07 Å². The van der Waals surface area contributed by atoms with E-state index >= 15 is 0 Å². The second kappa shape index (κ2) is 5.84. The quantitative estimate of drug-likeness (QED) is 0.831. The molecule has 110 valence electrons. The van der Waals surface area contributed by atoms with Gasteiger partial charge in [-0.1, -0.05) is 18.2 Å². The first kappa shape index (κ1) is 14.1. The number of benzene rings is 1. The minimum Gasteiger partial charge on any atom is -0.385 e. The van der Waals surface area contributed by atoms with E-state index in [0.717, 1.165) is 24.0 Å². The molecule has 1 saturated carbocycles. The number of aliphatic hydroxyl groups is 1.